The molecule has 2 aromatic rings. The van der Waals surface area contributed by atoms with Crippen LogP contribution < -0.4 is 11.3 Å². The molecule has 3 N–H and O–H groups in total. The van der Waals surface area contributed by atoms with Gasteiger partial charge in [-0.2, -0.15) is 0 Å². The number of nitrogens with two attached hydrogens (primary N) is 1. The highest BCUT2D eigenvalue weighted by Crippen LogP contribution is 2.19. The van der Waals surface area contributed by atoms with Gasteiger partial charge >= 0.3 is 0 Å². The van der Waals surface area contributed by atoms with Crippen LogP contribution in [0.15, 0.2) is 33.9 Å². The van der Waals surface area contributed by atoms with Crippen molar-refractivity contribution in [2.75, 3.05) is 5.73 Å². The standard InChI is InChI=1S/C8H7N3O2/c9-6-5(1-2-10-7(6)12)8-11-3-4-13-8/h1-4H,9H2,(H,10,12). The van der Waals surface area contributed by atoms with E-state index in [0.29, 0.717) is 11.5 Å². The fourth-order valence-electron chi connectivity index (χ4n) is 1.03. The molecule has 0 aliphatic rings. The van der Waals surface area contributed by atoms with Gasteiger partial charge in [0.15, 0.2) is 0 Å². The monoisotopic (exact) mass is 177 g/mol. The second-order valence-electron chi connectivity index (χ2n) is 2.47. The molecule has 0 aliphatic carbocycles. The van der Waals surface area contributed by atoms with E-state index in [9.17, 15) is 4.79 Å². The molecule has 0 radical (unpaired) electrons. The average molecular weight is 177 g/mol. The molecule has 13 heavy (non-hydrogen) atoms. The maximum Gasteiger partial charge on any atom is 0.271 e. The normalized spacial score (nSPS) is 10.2. The zero-order valence-corrected chi connectivity index (χ0v) is 6.65. The molecule has 2 aromatic heterocycles. The van der Waals surface area contributed by atoms with E-state index in [1.54, 1.807) is 6.07 Å². The fourth-order valence-corrected chi connectivity index (χ4v) is 1.03. The van der Waals surface area contributed by atoms with Crippen LogP contribution in [0.1, 0.15) is 0 Å². The van der Waals surface area contributed by atoms with Gasteiger partial charge in [0.2, 0.25) is 5.89 Å². The Labute approximate surface area is 73.2 Å². The van der Waals surface area contributed by atoms with Gasteiger partial charge in [-0.15, -0.1) is 0 Å². The number of H-pyrrole nitrogens is 1. The molecule has 0 fully saturated rings. The van der Waals surface area contributed by atoms with Crippen molar-refractivity contribution in [1.29, 1.82) is 0 Å². The Bertz CT molecular complexity index is 458. The van der Waals surface area contributed by atoms with E-state index in [0.717, 1.165) is 0 Å². The molecule has 0 atom stereocenters. The number of aromatic amines is 1. The molecule has 0 aromatic carbocycles. The summed E-state index contributed by atoms with van der Waals surface area (Å²) in [4.78, 5) is 17.4. The zero-order chi connectivity index (χ0) is 9.26. The van der Waals surface area contributed by atoms with Gasteiger partial charge in [0, 0.05) is 6.20 Å². The summed E-state index contributed by atoms with van der Waals surface area (Å²) in [6.07, 6.45) is 4.42. The predicted molar refractivity (Wildman–Crippen MR) is 47.0 cm³/mol. The maximum absolute atomic E-state index is 11.1. The highest BCUT2D eigenvalue weighted by Gasteiger charge is 2.08. The second-order valence-corrected chi connectivity index (χ2v) is 2.47. The van der Waals surface area contributed by atoms with Crippen molar-refractivity contribution in [2.45, 2.75) is 0 Å². The Morgan fingerprint density at radius 1 is 1.54 bits per heavy atom. The van der Waals surface area contributed by atoms with E-state index >= 15 is 0 Å². The summed E-state index contributed by atoms with van der Waals surface area (Å²) in [5, 5.41) is 0. The molecule has 5 heteroatoms. The van der Waals surface area contributed by atoms with Gasteiger partial charge in [0.1, 0.15) is 12.0 Å². The number of nitrogen functional groups attached to an aromatic ring is 1. The number of hydrogen-bond acceptors (Lipinski definition) is 4. The first kappa shape index (κ1) is 7.60. The fraction of sp³-hybridized carbons (Fsp3) is 0. The summed E-state index contributed by atoms with van der Waals surface area (Å²) in [6, 6.07) is 1.64. The van der Waals surface area contributed by atoms with Crippen molar-refractivity contribution in [1.82, 2.24) is 9.97 Å². The minimum absolute atomic E-state index is 0.116. The van der Waals surface area contributed by atoms with E-state index in [4.69, 9.17) is 10.2 Å². The van der Waals surface area contributed by atoms with Crippen LogP contribution in [-0.2, 0) is 0 Å². The lowest BCUT2D eigenvalue weighted by Gasteiger charge is -1.97. The molecule has 2 rings (SSSR count). The first-order valence-corrected chi connectivity index (χ1v) is 3.66. The predicted octanol–water partition coefficient (Wildman–Crippen LogP) is 0.612. The van der Waals surface area contributed by atoms with Gasteiger partial charge in [-0.05, 0) is 6.07 Å². The lowest BCUT2D eigenvalue weighted by atomic mass is 10.2. The summed E-state index contributed by atoms with van der Waals surface area (Å²) in [7, 11) is 0. The van der Waals surface area contributed by atoms with Gasteiger partial charge in [0.05, 0.1) is 11.8 Å². The van der Waals surface area contributed by atoms with Crippen molar-refractivity contribution >= 4 is 5.69 Å². The largest absolute Gasteiger partial charge is 0.444 e. The average Bonchev–Trinajstić information content (AvgIpc) is 2.62. The number of oxazole rings is 1. The van der Waals surface area contributed by atoms with Crippen LogP contribution in [0.25, 0.3) is 11.5 Å². The highest BCUT2D eigenvalue weighted by atomic mass is 16.3. The Morgan fingerprint density at radius 3 is 3.08 bits per heavy atom. The summed E-state index contributed by atoms with van der Waals surface area (Å²) in [6.45, 7) is 0. The Balaban J connectivity index is 2.66. The number of nitrogens with one attached hydrogen (secondary N) is 1. The van der Waals surface area contributed by atoms with Gasteiger partial charge < -0.3 is 15.1 Å². The van der Waals surface area contributed by atoms with Crippen LogP contribution in [0.4, 0.5) is 5.69 Å². The van der Waals surface area contributed by atoms with Crippen molar-refractivity contribution in [3.8, 4) is 11.5 Å². The minimum Gasteiger partial charge on any atom is -0.444 e. The lowest BCUT2D eigenvalue weighted by molar-refractivity contribution is 0.574. The first-order chi connectivity index (χ1) is 6.29. The Kier molecular flexibility index (Phi) is 1.63. The SMILES string of the molecule is Nc1c(-c2ncco2)cc[nH]c1=O. The van der Waals surface area contributed by atoms with Crippen molar-refractivity contribution in [3.63, 3.8) is 0 Å². The molecule has 0 unspecified atom stereocenters. The van der Waals surface area contributed by atoms with Gasteiger partial charge in [-0.3, -0.25) is 4.79 Å². The summed E-state index contributed by atoms with van der Waals surface area (Å²) in [5.41, 5.74) is 5.82. The number of rotatable bonds is 1. The topological polar surface area (TPSA) is 84.9 Å². The number of pyridine rings is 1. The van der Waals surface area contributed by atoms with E-state index in [1.807, 2.05) is 0 Å². The number of nitrogens with zero attached hydrogens (tertiary/aromatic N) is 1. The van der Waals surface area contributed by atoms with Crippen LogP contribution in [0, 0.1) is 0 Å². The molecule has 0 amide bonds. The van der Waals surface area contributed by atoms with E-state index in [2.05, 4.69) is 9.97 Å². The molecular formula is C8H7N3O2. The van der Waals surface area contributed by atoms with E-state index in [1.165, 1.54) is 18.7 Å². The molecule has 66 valence electrons. The van der Waals surface area contributed by atoms with Crippen molar-refractivity contribution in [3.05, 3.63) is 35.1 Å². The van der Waals surface area contributed by atoms with Crippen LogP contribution in [0.3, 0.4) is 0 Å². The zero-order valence-electron chi connectivity index (χ0n) is 6.65. The molecule has 0 saturated heterocycles. The van der Waals surface area contributed by atoms with Crippen LogP contribution in [-0.4, -0.2) is 9.97 Å². The van der Waals surface area contributed by atoms with Gasteiger partial charge in [-0.25, -0.2) is 4.98 Å². The smallest absolute Gasteiger partial charge is 0.271 e. The van der Waals surface area contributed by atoms with E-state index < -0.39 is 0 Å². The third kappa shape index (κ3) is 1.20. The molecule has 5 nitrogen and oxygen atoms in total. The maximum atomic E-state index is 11.1. The van der Waals surface area contributed by atoms with Crippen LogP contribution in [0.2, 0.25) is 0 Å². The second kappa shape index (κ2) is 2.78. The van der Waals surface area contributed by atoms with Crippen LogP contribution >= 0.6 is 0 Å². The van der Waals surface area contributed by atoms with Crippen molar-refractivity contribution in [2.24, 2.45) is 0 Å². The molecule has 0 aliphatic heterocycles. The Morgan fingerprint density at radius 2 is 2.38 bits per heavy atom. The molecule has 0 bridgehead atoms. The van der Waals surface area contributed by atoms with Crippen molar-refractivity contribution < 1.29 is 4.42 Å². The quantitative estimate of drug-likeness (QED) is 0.668. The molecule has 0 spiro atoms. The third-order valence-corrected chi connectivity index (χ3v) is 1.66. The summed E-state index contributed by atoms with van der Waals surface area (Å²) >= 11 is 0. The number of anilines is 1. The van der Waals surface area contributed by atoms with Crippen LogP contribution in [0.5, 0.6) is 0 Å². The summed E-state index contributed by atoms with van der Waals surface area (Å²) in [5.74, 6) is 0.351. The minimum atomic E-state index is -0.337. The Hall–Kier alpha value is -2.04. The van der Waals surface area contributed by atoms with Gasteiger partial charge in [0.25, 0.3) is 5.56 Å². The molecule has 0 saturated carbocycles. The molecule has 2 heterocycles. The summed E-state index contributed by atoms with van der Waals surface area (Å²) < 4.78 is 5.01. The number of aromatic nitrogens is 2. The van der Waals surface area contributed by atoms with Gasteiger partial charge in [-0.1, -0.05) is 0 Å². The molecular weight excluding hydrogens is 170 g/mol. The first-order valence-electron chi connectivity index (χ1n) is 3.66. The third-order valence-electron chi connectivity index (χ3n) is 1.66. The lowest BCUT2D eigenvalue weighted by Crippen LogP contribution is -2.11. The number of hydrogen-bond donors (Lipinski definition) is 2. The highest BCUT2D eigenvalue weighted by molar-refractivity contribution is 5.68. The van der Waals surface area contributed by atoms with E-state index in [-0.39, 0.29) is 11.2 Å².